The van der Waals surface area contributed by atoms with Crippen LogP contribution in [0.3, 0.4) is 0 Å². The Morgan fingerprint density at radius 2 is 1.50 bits per heavy atom. The third-order valence-corrected chi connectivity index (χ3v) is 3.42. The minimum absolute atomic E-state index is 0.0764. The molecule has 0 aromatic heterocycles. The largest absolute Gasteiger partial charge is 0.481 e. The molecule has 0 saturated heterocycles. The summed E-state index contributed by atoms with van der Waals surface area (Å²) in [6.45, 7) is 1.23. The second-order valence-electron chi connectivity index (χ2n) is 5.80. The lowest BCUT2D eigenvalue weighted by molar-refractivity contribution is -0.191. The van der Waals surface area contributed by atoms with Crippen molar-refractivity contribution in [2.24, 2.45) is 0 Å². The minimum Gasteiger partial charge on any atom is -0.481 e. The van der Waals surface area contributed by atoms with Crippen molar-refractivity contribution in [2.75, 3.05) is 32.9 Å². The number of carboxylic acid groups (broad SMARTS) is 2. The summed E-state index contributed by atoms with van der Waals surface area (Å²) < 4.78 is 4.98. The van der Waals surface area contributed by atoms with Gasteiger partial charge in [-0.25, -0.2) is 9.59 Å². The molecule has 0 aromatic carbocycles. The van der Waals surface area contributed by atoms with Gasteiger partial charge in [-0.2, -0.15) is 9.59 Å². The lowest BCUT2D eigenvalue weighted by Crippen LogP contribution is -2.46. The molecule has 0 aliphatic carbocycles. The van der Waals surface area contributed by atoms with E-state index >= 15 is 0 Å². The Balaban J connectivity index is 0. The first-order valence-electron chi connectivity index (χ1n) is 9.22. The number of aliphatic hydroxyl groups is 1. The summed E-state index contributed by atoms with van der Waals surface area (Å²) in [5, 5.41) is 33.5. The van der Waals surface area contributed by atoms with Gasteiger partial charge in [0.1, 0.15) is 6.04 Å². The average Bonchev–Trinajstić information content (AvgIpc) is 2.68. The molecule has 1 atom stereocenters. The topological polar surface area (TPSA) is 208 Å². The van der Waals surface area contributed by atoms with Gasteiger partial charge in [-0.3, -0.25) is 9.59 Å². The number of unbranched alkanes of at least 4 members (excludes halogenated alkanes) is 2. The van der Waals surface area contributed by atoms with E-state index in [9.17, 15) is 19.2 Å². The summed E-state index contributed by atoms with van der Waals surface area (Å²) in [6.07, 6.45) is 2.06. The van der Waals surface area contributed by atoms with Crippen LogP contribution in [-0.4, -0.2) is 84.3 Å². The van der Waals surface area contributed by atoms with Gasteiger partial charge in [-0.1, -0.05) is 0 Å². The highest BCUT2D eigenvalue weighted by atomic mass is 16.5. The van der Waals surface area contributed by atoms with Crippen LogP contribution in [0.5, 0.6) is 0 Å². The summed E-state index contributed by atoms with van der Waals surface area (Å²) >= 11 is 0. The third kappa shape index (κ3) is 21.3. The number of carboxylic acids is 2. The predicted molar refractivity (Wildman–Crippen MR) is 99.2 cm³/mol. The van der Waals surface area contributed by atoms with Crippen molar-refractivity contribution in [3.8, 4) is 0 Å². The molecule has 0 bridgehead atoms. The quantitative estimate of drug-likeness (QED) is 0.158. The average molecular weight is 435 g/mol. The molecule has 30 heavy (non-hydrogen) atoms. The first kappa shape index (κ1) is 29.2. The highest BCUT2D eigenvalue weighted by Gasteiger charge is 2.20. The van der Waals surface area contributed by atoms with Gasteiger partial charge in [-0.05, 0) is 25.7 Å². The van der Waals surface area contributed by atoms with Crippen molar-refractivity contribution in [1.82, 2.24) is 16.0 Å². The van der Waals surface area contributed by atoms with Crippen LogP contribution in [0.25, 0.3) is 0 Å². The molecular formula is C17H29N3O10. The summed E-state index contributed by atoms with van der Waals surface area (Å²) in [7, 11) is 0. The van der Waals surface area contributed by atoms with E-state index in [4.69, 9.17) is 29.6 Å². The van der Waals surface area contributed by atoms with Gasteiger partial charge in [0, 0.05) is 25.9 Å². The van der Waals surface area contributed by atoms with E-state index < -0.39 is 24.0 Å². The van der Waals surface area contributed by atoms with Crippen molar-refractivity contribution < 1.29 is 48.8 Å². The van der Waals surface area contributed by atoms with Gasteiger partial charge in [0.25, 0.3) is 0 Å². The van der Waals surface area contributed by atoms with Crippen LogP contribution >= 0.6 is 0 Å². The number of nitrogens with one attached hydrogen (secondary N) is 3. The molecule has 0 rings (SSSR count). The second-order valence-corrected chi connectivity index (χ2v) is 5.80. The summed E-state index contributed by atoms with van der Waals surface area (Å²) in [5.74, 6) is -2.55. The number of carbonyl (C=O) groups excluding carboxylic acids is 4. The van der Waals surface area contributed by atoms with Crippen LogP contribution in [0, 0.1) is 0 Å². The lowest BCUT2D eigenvalue weighted by atomic mass is 10.1. The molecule has 3 amide bonds. The van der Waals surface area contributed by atoms with Crippen LogP contribution < -0.4 is 16.0 Å². The molecule has 0 spiro atoms. The van der Waals surface area contributed by atoms with E-state index in [2.05, 4.69) is 16.0 Å². The number of urea groups is 1. The zero-order valence-electron chi connectivity index (χ0n) is 16.6. The first-order valence-corrected chi connectivity index (χ1v) is 9.22. The minimum atomic E-state index is -1.29. The van der Waals surface area contributed by atoms with E-state index in [1.54, 1.807) is 0 Å². The van der Waals surface area contributed by atoms with Crippen LogP contribution in [0.1, 0.15) is 38.5 Å². The number of aliphatic hydroxyl groups excluding tert-OH is 1. The van der Waals surface area contributed by atoms with Gasteiger partial charge >= 0.3 is 24.1 Å². The van der Waals surface area contributed by atoms with Crippen LogP contribution in [0.4, 0.5) is 4.79 Å². The number of amides is 3. The van der Waals surface area contributed by atoms with E-state index in [1.807, 2.05) is 0 Å². The molecule has 0 fully saturated rings. The molecule has 0 aliphatic heterocycles. The standard InChI is InChI=1S/C16H29N3O8.CO2/c20-9-11-27-10-6-13(21)17-7-2-1-3-8-18-16(26)19-12(15(24)25)4-5-14(22)23;2-1-3/h12,20H,1-11H2,(H,17,21)(H,22,23)(H,24,25)(H2,18,19,26);. The summed E-state index contributed by atoms with van der Waals surface area (Å²) in [4.78, 5) is 60.7. The second kappa shape index (κ2) is 20.7. The number of hydrogen-bond acceptors (Lipinski definition) is 8. The molecule has 13 heteroatoms. The molecule has 172 valence electrons. The van der Waals surface area contributed by atoms with E-state index in [-0.39, 0.29) is 51.1 Å². The number of carbonyl (C=O) groups is 4. The van der Waals surface area contributed by atoms with Crippen LogP contribution in [0.2, 0.25) is 0 Å². The third-order valence-electron chi connectivity index (χ3n) is 3.42. The Bertz CT molecular complexity index is 550. The fraction of sp³-hybridized carbons (Fsp3) is 0.706. The van der Waals surface area contributed by atoms with Gasteiger partial charge < -0.3 is 36.0 Å². The molecule has 0 saturated carbocycles. The van der Waals surface area contributed by atoms with E-state index in [0.717, 1.165) is 12.8 Å². The predicted octanol–water partition coefficient (Wildman–Crippen LogP) is -1.29. The number of rotatable bonds is 16. The maximum atomic E-state index is 11.6. The molecule has 0 aromatic rings. The Kier molecular flexibility index (Phi) is 20.1. The van der Waals surface area contributed by atoms with Crippen LogP contribution in [0.15, 0.2) is 0 Å². The highest BCUT2D eigenvalue weighted by molar-refractivity contribution is 5.83. The van der Waals surface area contributed by atoms with Crippen LogP contribution in [-0.2, 0) is 28.7 Å². The zero-order valence-corrected chi connectivity index (χ0v) is 16.6. The van der Waals surface area contributed by atoms with E-state index in [0.29, 0.717) is 19.5 Å². The molecule has 0 heterocycles. The maximum absolute atomic E-state index is 11.6. The highest BCUT2D eigenvalue weighted by Crippen LogP contribution is 1.98. The van der Waals surface area contributed by atoms with Crippen molar-refractivity contribution in [2.45, 2.75) is 44.6 Å². The Hall–Kier alpha value is -3.02. The normalized spacial score (nSPS) is 10.6. The summed E-state index contributed by atoms with van der Waals surface area (Å²) in [6, 6.07) is -1.92. The maximum Gasteiger partial charge on any atom is 0.373 e. The Morgan fingerprint density at radius 1 is 0.900 bits per heavy atom. The Morgan fingerprint density at radius 3 is 2.03 bits per heavy atom. The van der Waals surface area contributed by atoms with Crippen molar-refractivity contribution >= 4 is 30.0 Å². The molecule has 6 N–H and O–H groups in total. The number of aliphatic carboxylic acids is 2. The number of hydrogen-bond donors (Lipinski definition) is 6. The monoisotopic (exact) mass is 435 g/mol. The van der Waals surface area contributed by atoms with Crippen molar-refractivity contribution in [3.05, 3.63) is 0 Å². The SMILES string of the molecule is O=C(O)CCC(NC(=O)NCCCCCNC(=O)CCOCCO)C(=O)O.O=C=O. The van der Waals surface area contributed by atoms with Gasteiger partial charge in [0.2, 0.25) is 5.91 Å². The fourth-order valence-corrected chi connectivity index (χ4v) is 2.01. The first-order chi connectivity index (χ1) is 14.3. The van der Waals surface area contributed by atoms with Gasteiger partial charge in [0.05, 0.1) is 19.8 Å². The smallest absolute Gasteiger partial charge is 0.373 e. The fourth-order valence-electron chi connectivity index (χ4n) is 2.01. The molecule has 13 nitrogen and oxygen atoms in total. The zero-order chi connectivity index (χ0) is 23.2. The van der Waals surface area contributed by atoms with Gasteiger partial charge in [0.15, 0.2) is 0 Å². The summed E-state index contributed by atoms with van der Waals surface area (Å²) in [5.41, 5.74) is 0. The van der Waals surface area contributed by atoms with Crippen molar-refractivity contribution in [1.29, 1.82) is 0 Å². The Labute approximate surface area is 173 Å². The molecule has 0 radical (unpaired) electrons. The molecule has 0 aliphatic rings. The van der Waals surface area contributed by atoms with E-state index in [1.165, 1.54) is 0 Å². The molecule has 1 unspecified atom stereocenters. The van der Waals surface area contributed by atoms with Gasteiger partial charge in [-0.15, -0.1) is 0 Å². The molecular weight excluding hydrogens is 406 g/mol. The number of ether oxygens (including phenoxy) is 1. The van der Waals surface area contributed by atoms with Crippen molar-refractivity contribution in [3.63, 3.8) is 0 Å². The lowest BCUT2D eigenvalue weighted by Gasteiger charge is -2.14.